The second-order valence-electron chi connectivity index (χ2n) is 4.67. The SMILES string of the molecule is CCCCC.Cc1nc(N)nc(C)c1C(C)C. The molecule has 0 aliphatic rings. The Bertz CT molecular complexity index is 307. The van der Waals surface area contributed by atoms with E-state index in [0.29, 0.717) is 11.9 Å². The van der Waals surface area contributed by atoms with Crippen molar-refractivity contribution in [3.05, 3.63) is 17.0 Å². The number of hydrogen-bond donors (Lipinski definition) is 1. The molecular formula is C14H27N3. The molecule has 3 nitrogen and oxygen atoms in total. The van der Waals surface area contributed by atoms with E-state index in [1.807, 2.05) is 13.8 Å². The van der Waals surface area contributed by atoms with Gasteiger partial charge in [0.15, 0.2) is 0 Å². The Balaban J connectivity index is 0.000000437. The Morgan fingerprint density at radius 1 is 1.00 bits per heavy atom. The summed E-state index contributed by atoms with van der Waals surface area (Å²) in [5, 5.41) is 0. The highest BCUT2D eigenvalue weighted by molar-refractivity contribution is 5.32. The first-order valence-corrected chi connectivity index (χ1v) is 6.54. The van der Waals surface area contributed by atoms with E-state index in [1.54, 1.807) is 0 Å². The predicted molar refractivity (Wildman–Crippen MR) is 75.2 cm³/mol. The molecule has 17 heavy (non-hydrogen) atoms. The van der Waals surface area contributed by atoms with Gasteiger partial charge in [0.25, 0.3) is 0 Å². The van der Waals surface area contributed by atoms with E-state index in [0.717, 1.165) is 11.4 Å². The molecule has 3 heteroatoms. The first-order valence-electron chi connectivity index (χ1n) is 6.54. The fourth-order valence-corrected chi connectivity index (χ4v) is 1.94. The summed E-state index contributed by atoms with van der Waals surface area (Å²) >= 11 is 0. The van der Waals surface area contributed by atoms with Crippen LogP contribution in [0.25, 0.3) is 0 Å². The molecule has 1 rings (SSSR count). The zero-order valence-corrected chi connectivity index (χ0v) is 12.2. The van der Waals surface area contributed by atoms with Gasteiger partial charge >= 0.3 is 0 Å². The summed E-state index contributed by atoms with van der Waals surface area (Å²) in [6.07, 6.45) is 4.08. The van der Waals surface area contributed by atoms with Crippen molar-refractivity contribution in [3.8, 4) is 0 Å². The van der Waals surface area contributed by atoms with Gasteiger partial charge in [0.2, 0.25) is 5.95 Å². The summed E-state index contributed by atoms with van der Waals surface area (Å²) in [6, 6.07) is 0. The van der Waals surface area contributed by atoms with Gasteiger partial charge in [-0.15, -0.1) is 0 Å². The second-order valence-corrected chi connectivity index (χ2v) is 4.67. The highest BCUT2D eigenvalue weighted by atomic mass is 15.0. The maximum absolute atomic E-state index is 5.51. The molecule has 1 aromatic rings. The first-order chi connectivity index (χ1) is 7.93. The minimum Gasteiger partial charge on any atom is -0.368 e. The topological polar surface area (TPSA) is 51.8 Å². The molecule has 1 aromatic heterocycles. The molecule has 1 heterocycles. The third-order valence-corrected chi connectivity index (χ3v) is 2.63. The van der Waals surface area contributed by atoms with Gasteiger partial charge in [0, 0.05) is 11.4 Å². The van der Waals surface area contributed by atoms with Crippen molar-refractivity contribution in [3.63, 3.8) is 0 Å². The molecule has 0 aliphatic heterocycles. The third-order valence-electron chi connectivity index (χ3n) is 2.63. The lowest BCUT2D eigenvalue weighted by atomic mass is 10.0. The van der Waals surface area contributed by atoms with Crippen LogP contribution in [0.1, 0.15) is 69.8 Å². The predicted octanol–water partition coefficient (Wildman–Crippen LogP) is 4.00. The first kappa shape index (κ1) is 15.9. The summed E-state index contributed by atoms with van der Waals surface area (Å²) in [4.78, 5) is 8.24. The van der Waals surface area contributed by atoms with E-state index in [1.165, 1.54) is 24.8 Å². The van der Waals surface area contributed by atoms with Gasteiger partial charge in [-0.3, -0.25) is 0 Å². The van der Waals surface area contributed by atoms with Crippen LogP contribution in [0.15, 0.2) is 0 Å². The van der Waals surface area contributed by atoms with Crippen LogP contribution in [0.5, 0.6) is 0 Å². The van der Waals surface area contributed by atoms with E-state index in [9.17, 15) is 0 Å². The zero-order valence-electron chi connectivity index (χ0n) is 12.2. The number of hydrogen-bond acceptors (Lipinski definition) is 3. The summed E-state index contributed by atoms with van der Waals surface area (Å²) in [5.41, 5.74) is 8.71. The Labute approximate surface area is 106 Å². The number of nitrogen functional groups attached to an aromatic ring is 1. The maximum atomic E-state index is 5.51. The van der Waals surface area contributed by atoms with E-state index in [2.05, 4.69) is 37.7 Å². The zero-order chi connectivity index (χ0) is 13.4. The molecule has 2 N–H and O–H groups in total. The molecule has 0 fully saturated rings. The van der Waals surface area contributed by atoms with Crippen LogP contribution in [0.4, 0.5) is 5.95 Å². The number of aryl methyl sites for hydroxylation is 2. The molecule has 0 radical (unpaired) electrons. The van der Waals surface area contributed by atoms with Crippen LogP contribution in [0.3, 0.4) is 0 Å². The van der Waals surface area contributed by atoms with Crippen LogP contribution in [0, 0.1) is 13.8 Å². The van der Waals surface area contributed by atoms with Crippen LogP contribution >= 0.6 is 0 Å². The van der Waals surface area contributed by atoms with Crippen LogP contribution in [-0.2, 0) is 0 Å². The number of aromatic nitrogens is 2. The normalized spacial score (nSPS) is 10.1. The monoisotopic (exact) mass is 237 g/mol. The van der Waals surface area contributed by atoms with Gasteiger partial charge in [-0.2, -0.15) is 0 Å². The molecule has 0 atom stereocenters. The van der Waals surface area contributed by atoms with Gasteiger partial charge in [-0.25, -0.2) is 9.97 Å². The van der Waals surface area contributed by atoms with E-state index in [4.69, 9.17) is 5.73 Å². The molecular weight excluding hydrogens is 210 g/mol. The summed E-state index contributed by atoms with van der Waals surface area (Å²) in [5.74, 6) is 0.833. The molecule has 0 unspecified atom stereocenters. The summed E-state index contributed by atoms with van der Waals surface area (Å²) in [6.45, 7) is 12.6. The van der Waals surface area contributed by atoms with Crippen molar-refractivity contribution < 1.29 is 0 Å². The van der Waals surface area contributed by atoms with Crippen molar-refractivity contribution in [1.82, 2.24) is 9.97 Å². The van der Waals surface area contributed by atoms with Gasteiger partial charge in [-0.05, 0) is 25.3 Å². The Kier molecular flexibility index (Phi) is 7.51. The average molecular weight is 237 g/mol. The van der Waals surface area contributed by atoms with Gasteiger partial charge < -0.3 is 5.73 Å². The maximum Gasteiger partial charge on any atom is 0.220 e. The van der Waals surface area contributed by atoms with Crippen LogP contribution in [-0.4, -0.2) is 9.97 Å². The van der Waals surface area contributed by atoms with Gasteiger partial charge in [0.1, 0.15) is 0 Å². The minimum atomic E-state index is 0.370. The Hall–Kier alpha value is -1.12. The van der Waals surface area contributed by atoms with Crippen molar-refractivity contribution in [2.24, 2.45) is 0 Å². The smallest absolute Gasteiger partial charge is 0.220 e. The van der Waals surface area contributed by atoms with E-state index >= 15 is 0 Å². The lowest BCUT2D eigenvalue weighted by Crippen LogP contribution is -2.05. The second kappa shape index (κ2) is 8.04. The number of unbranched alkanes of at least 4 members (excludes halogenated alkanes) is 2. The lowest BCUT2D eigenvalue weighted by molar-refractivity contribution is 0.772. The number of nitrogens with zero attached hydrogens (tertiary/aromatic N) is 2. The highest BCUT2D eigenvalue weighted by Crippen LogP contribution is 2.20. The molecule has 0 bridgehead atoms. The van der Waals surface area contributed by atoms with Crippen LogP contribution in [0.2, 0.25) is 0 Å². The third kappa shape index (κ3) is 5.66. The standard InChI is InChI=1S/C9H15N3.C5H12/c1-5(2)8-6(3)11-9(10)12-7(8)4;1-3-5-4-2/h5H,1-4H3,(H2,10,11,12);3-5H2,1-2H3. The molecule has 0 spiro atoms. The van der Waals surface area contributed by atoms with Gasteiger partial charge in [-0.1, -0.05) is 47.0 Å². The van der Waals surface area contributed by atoms with Crippen molar-refractivity contribution >= 4 is 5.95 Å². The fourth-order valence-electron chi connectivity index (χ4n) is 1.94. The molecule has 0 saturated heterocycles. The molecule has 0 saturated carbocycles. The van der Waals surface area contributed by atoms with Crippen molar-refractivity contribution in [2.75, 3.05) is 5.73 Å². The quantitative estimate of drug-likeness (QED) is 0.864. The summed E-state index contributed by atoms with van der Waals surface area (Å²) < 4.78 is 0. The average Bonchev–Trinajstić information content (AvgIpc) is 2.17. The lowest BCUT2D eigenvalue weighted by Gasteiger charge is -2.11. The molecule has 0 aliphatic carbocycles. The highest BCUT2D eigenvalue weighted by Gasteiger charge is 2.09. The number of rotatable bonds is 3. The van der Waals surface area contributed by atoms with E-state index < -0.39 is 0 Å². The van der Waals surface area contributed by atoms with Crippen molar-refractivity contribution in [2.45, 2.75) is 66.7 Å². The number of nitrogens with two attached hydrogens (primary N) is 1. The van der Waals surface area contributed by atoms with Crippen LogP contribution < -0.4 is 5.73 Å². The number of anilines is 1. The Morgan fingerprint density at radius 2 is 1.41 bits per heavy atom. The van der Waals surface area contributed by atoms with Gasteiger partial charge in [0.05, 0.1) is 0 Å². The van der Waals surface area contributed by atoms with E-state index in [-0.39, 0.29) is 0 Å². The largest absolute Gasteiger partial charge is 0.368 e. The summed E-state index contributed by atoms with van der Waals surface area (Å²) in [7, 11) is 0. The molecule has 0 aromatic carbocycles. The molecule has 98 valence electrons. The van der Waals surface area contributed by atoms with Crippen molar-refractivity contribution in [1.29, 1.82) is 0 Å². The molecule has 0 amide bonds. The minimum absolute atomic E-state index is 0.370. The Morgan fingerprint density at radius 3 is 1.65 bits per heavy atom. The fraction of sp³-hybridized carbons (Fsp3) is 0.714.